The van der Waals surface area contributed by atoms with Crippen molar-refractivity contribution < 1.29 is 60.6 Å². The molecule has 16 nitrogen and oxygen atoms in total. The van der Waals surface area contributed by atoms with Gasteiger partial charge < -0.3 is 24.9 Å². The summed E-state index contributed by atoms with van der Waals surface area (Å²) in [5.74, 6) is -3.22. The van der Waals surface area contributed by atoms with Gasteiger partial charge in [0, 0.05) is 56.3 Å². The topological polar surface area (TPSA) is 216 Å². The minimum atomic E-state index is -4.15. The van der Waals surface area contributed by atoms with Gasteiger partial charge >= 0.3 is 11.9 Å². The van der Waals surface area contributed by atoms with Crippen LogP contribution in [0, 0.1) is 13.8 Å². The number of ether oxygens (including phenoxy) is 2. The number of hydroxylamine groups is 2. The van der Waals surface area contributed by atoms with E-state index in [0.717, 1.165) is 0 Å². The van der Waals surface area contributed by atoms with Crippen LogP contribution in [0.15, 0.2) is 60.7 Å². The van der Waals surface area contributed by atoms with E-state index in [1.165, 1.54) is 0 Å². The molecule has 61 heavy (non-hydrogen) atoms. The molecule has 5 rings (SSSR count). The molecule has 2 heterocycles. The van der Waals surface area contributed by atoms with E-state index < -0.39 is 50.8 Å². The minimum absolute atomic E-state index is 0.00275. The quantitative estimate of drug-likeness (QED) is 0.0284. The number of para-hydroxylation sites is 2. The molecule has 3 N–H and O–H groups in total. The first-order valence-electron chi connectivity index (χ1n) is 20.1. The Labute approximate surface area is 354 Å². The van der Waals surface area contributed by atoms with Crippen molar-refractivity contribution in [3.63, 3.8) is 0 Å². The van der Waals surface area contributed by atoms with Crippen molar-refractivity contribution >= 4 is 67.5 Å². The second-order valence-electron chi connectivity index (χ2n) is 16.4. The number of nitrogens with zero attached hydrogens (tertiary/aromatic N) is 2. The number of esters is 1. The molecule has 0 bridgehead atoms. The van der Waals surface area contributed by atoms with Crippen molar-refractivity contribution in [1.29, 1.82) is 0 Å². The van der Waals surface area contributed by atoms with E-state index in [2.05, 4.69) is 10.6 Å². The highest BCUT2D eigenvalue weighted by Gasteiger charge is 2.33. The average Bonchev–Trinajstić information content (AvgIpc) is 3.49. The molecular weight excluding hydrogens is 809 g/mol. The number of rotatable bonds is 19. The molecule has 1 aliphatic heterocycles. The molecule has 0 radical (unpaired) electrons. The van der Waals surface area contributed by atoms with Crippen LogP contribution in [0.2, 0.25) is 0 Å². The number of carbonyl (C=O) groups excluding carboxylic acids is 6. The van der Waals surface area contributed by atoms with Crippen LogP contribution < -0.4 is 19.9 Å². The Morgan fingerprint density at radius 2 is 1.43 bits per heavy atom. The number of benzene rings is 3. The number of aromatic nitrogens is 1. The van der Waals surface area contributed by atoms with Crippen LogP contribution in [0.5, 0.6) is 5.75 Å². The molecule has 1 fully saturated rings. The number of aryl methyl sites for hydroxylation is 3. The molecule has 0 spiro atoms. The third-order valence-electron chi connectivity index (χ3n) is 10.1. The summed E-state index contributed by atoms with van der Waals surface area (Å²) in [4.78, 5) is 80.0. The minimum Gasteiger partial charge on any atom is -0.422 e. The van der Waals surface area contributed by atoms with Gasteiger partial charge in [-0.3, -0.25) is 23.7 Å². The van der Waals surface area contributed by atoms with E-state index in [-0.39, 0.29) is 63.5 Å². The van der Waals surface area contributed by atoms with Crippen LogP contribution in [0.25, 0.3) is 21.8 Å². The summed E-state index contributed by atoms with van der Waals surface area (Å²) in [6, 6.07) is 17.8. The van der Waals surface area contributed by atoms with Crippen LogP contribution in [-0.4, -0.2) is 83.6 Å². The van der Waals surface area contributed by atoms with Crippen LogP contribution >= 0.6 is 0 Å². The van der Waals surface area contributed by atoms with Gasteiger partial charge in [0.25, 0.3) is 27.8 Å². The summed E-state index contributed by atoms with van der Waals surface area (Å²) in [6.07, 6.45) is 0.714. The smallest absolute Gasteiger partial charge is 0.345 e. The summed E-state index contributed by atoms with van der Waals surface area (Å²) in [7, 11) is -4.15. The summed E-state index contributed by atoms with van der Waals surface area (Å²) in [5.41, 5.74) is 1.72. The number of pyridine rings is 1. The van der Waals surface area contributed by atoms with Crippen molar-refractivity contribution in [3.8, 4) is 5.75 Å². The first kappa shape index (κ1) is 46.3. The number of fused-ring (bicyclic) bond motifs is 2. The first-order valence-corrected chi connectivity index (χ1v) is 21.7. The Balaban J connectivity index is 1.15. The van der Waals surface area contributed by atoms with Crippen molar-refractivity contribution in [2.45, 2.75) is 104 Å². The van der Waals surface area contributed by atoms with Gasteiger partial charge in [0.15, 0.2) is 6.54 Å². The lowest BCUT2D eigenvalue weighted by Crippen LogP contribution is -2.49. The standard InChI is InChI=1S/C44H52N4O12S/c1-28-25-30(41(53)46-43(3,4)27-58-44(5,6)21-22-45-35(49)17-11-18-38(52)60-48-36(50)19-20-37(48)51)26-29(2)40(28)59-42(54)39-31-13-7-9-15-33(31)47(23-12-24-61(55,56)57)34-16-10-8-14-32(34)39/h7-10,13-16,25-26H,11-12,17-24,27H2,1-6H3,(H2-,45,46,49,53,55,56,57)/p+1. The summed E-state index contributed by atoms with van der Waals surface area (Å²) in [6.45, 7) is 11.6. The lowest BCUT2D eigenvalue weighted by atomic mass is 10.0. The van der Waals surface area contributed by atoms with Crippen LogP contribution in [0.4, 0.5) is 0 Å². The lowest BCUT2D eigenvalue weighted by Gasteiger charge is -2.33. The Kier molecular flexibility index (Phi) is 14.6. The van der Waals surface area contributed by atoms with Crippen LogP contribution in [-0.2, 0) is 45.4 Å². The third-order valence-corrected chi connectivity index (χ3v) is 10.9. The number of amides is 4. The molecule has 1 aromatic heterocycles. The zero-order chi connectivity index (χ0) is 44.7. The van der Waals surface area contributed by atoms with Gasteiger partial charge in [-0.05, 0) is 89.8 Å². The number of carbonyl (C=O) groups is 6. The average molecular weight is 862 g/mol. The van der Waals surface area contributed by atoms with Crippen LogP contribution in [0.1, 0.15) is 104 Å². The normalized spacial score (nSPS) is 13.5. The van der Waals surface area contributed by atoms with Gasteiger partial charge in [-0.15, -0.1) is 5.06 Å². The maximum atomic E-state index is 14.1. The largest absolute Gasteiger partial charge is 0.422 e. The molecule has 1 aliphatic rings. The highest BCUT2D eigenvalue weighted by Crippen LogP contribution is 2.30. The Morgan fingerprint density at radius 1 is 0.852 bits per heavy atom. The highest BCUT2D eigenvalue weighted by atomic mass is 32.2. The predicted octanol–water partition coefficient (Wildman–Crippen LogP) is 4.98. The molecule has 1 saturated heterocycles. The lowest BCUT2D eigenvalue weighted by molar-refractivity contribution is -0.645. The summed E-state index contributed by atoms with van der Waals surface area (Å²) in [5, 5.41) is 7.51. The maximum absolute atomic E-state index is 14.1. The third kappa shape index (κ3) is 12.4. The second kappa shape index (κ2) is 19.3. The molecule has 0 unspecified atom stereocenters. The van der Waals surface area contributed by atoms with E-state index >= 15 is 0 Å². The fourth-order valence-electron chi connectivity index (χ4n) is 7.02. The van der Waals surface area contributed by atoms with Crippen LogP contribution in [0.3, 0.4) is 0 Å². The Hall–Kier alpha value is -5.78. The number of hydrogen-bond donors (Lipinski definition) is 3. The molecule has 0 atom stereocenters. The molecule has 4 aromatic rings. The fraction of sp³-hybridized carbons (Fsp3) is 0.432. The van der Waals surface area contributed by atoms with Gasteiger partial charge in [0.1, 0.15) is 5.75 Å². The molecular formula is C44H53N4O12S+. The first-order chi connectivity index (χ1) is 28.6. The van der Waals surface area contributed by atoms with E-state index in [1.807, 2.05) is 56.5 Å². The van der Waals surface area contributed by atoms with E-state index in [4.69, 9.17) is 14.3 Å². The second-order valence-corrected chi connectivity index (χ2v) is 18.0. The van der Waals surface area contributed by atoms with E-state index in [0.29, 0.717) is 67.8 Å². The van der Waals surface area contributed by atoms with Gasteiger partial charge in [0.2, 0.25) is 16.9 Å². The maximum Gasteiger partial charge on any atom is 0.345 e. The van der Waals surface area contributed by atoms with Gasteiger partial charge in [-0.2, -0.15) is 13.0 Å². The fourth-order valence-corrected chi connectivity index (χ4v) is 7.52. The van der Waals surface area contributed by atoms with Crippen molar-refractivity contribution in [3.05, 3.63) is 82.9 Å². The number of hydrogen-bond acceptors (Lipinski definition) is 11. The Bertz CT molecular complexity index is 2390. The predicted molar refractivity (Wildman–Crippen MR) is 224 cm³/mol. The van der Waals surface area contributed by atoms with Gasteiger partial charge in [0.05, 0.1) is 39.8 Å². The molecule has 0 aliphatic carbocycles. The zero-order valence-corrected chi connectivity index (χ0v) is 36.1. The number of nitrogens with one attached hydrogen (secondary N) is 2. The zero-order valence-electron chi connectivity index (χ0n) is 35.3. The number of imide groups is 1. The molecule has 17 heteroatoms. The Morgan fingerprint density at radius 3 is 2.00 bits per heavy atom. The molecule has 0 saturated carbocycles. The molecule has 3 aromatic carbocycles. The van der Waals surface area contributed by atoms with Gasteiger partial charge in [-0.25, -0.2) is 9.59 Å². The van der Waals surface area contributed by atoms with Crippen molar-refractivity contribution in [1.82, 2.24) is 15.7 Å². The summed E-state index contributed by atoms with van der Waals surface area (Å²) < 4.78 is 46.4. The van der Waals surface area contributed by atoms with Crippen molar-refractivity contribution in [2.75, 3.05) is 18.9 Å². The molecule has 326 valence electrons. The molecule has 4 amide bonds. The summed E-state index contributed by atoms with van der Waals surface area (Å²) >= 11 is 0. The van der Waals surface area contributed by atoms with E-state index in [9.17, 15) is 41.7 Å². The SMILES string of the molecule is Cc1cc(C(=O)NC(C)(C)COC(C)(C)CCNC(=O)CCCC(=O)ON2C(=O)CCC2=O)cc(C)c1OC(=O)c1c2ccccc2[n+](CCCS(=O)(=O)O)c2ccccc12. The monoisotopic (exact) mass is 861 g/mol. The van der Waals surface area contributed by atoms with Gasteiger partial charge in [-0.1, -0.05) is 24.3 Å². The van der Waals surface area contributed by atoms with Crippen molar-refractivity contribution in [2.24, 2.45) is 0 Å². The highest BCUT2D eigenvalue weighted by molar-refractivity contribution is 7.85. The van der Waals surface area contributed by atoms with E-state index in [1.54, 1.807) is 50.2 Å².